The first-order valence-corrected chi connectivity index (χ1v) is 2.67. The Balaban J connectivity index is 0.000000810. The standard InChI is InChI=1S/C4H8N4O.ClH/c1-2(5)3-6-4(9)8-7-3;/h2-3H,5H2,1H3,(H,6,9);1H. The molecule has 6 heteroatoms. The molecule has 1 rings (SSSR count). The number of halogens is 1. The van der Waals surface area contributed by atoms with Crippen LogP contribution in [0.25, 0.3) is 0 Å². The van der Waals surface area contributed by atoms with Gasteiger partial charge in [-0.2, -0.15) is 5.11 Å². The average molecular weight is 165 g/mol. The van der Waals surface area contributed by atoms with Crippen LogP contribution in [0.5, 0.6) is 0 Å². The molecule has 0 saturated heterocycles. The molecule has 3 N–H and O–H groups in total. The lowest BCUT2D eigenvalue weighted by Crippen LogP contribution is -2.40. The summed E-state index contributed by atoms with van der Waals surface area (Å²) in [6, 6.07) is -0.572. The van der Waals surface area contributed by atoms with Gasteiger partial charge in [-0.3, -0.25) is 0 Å². The van der Waals surface area contributed by atoms with E-state index in [-0.39, 0.29) is 24.6 Å². The molecule has 0 saturated carbocycles. The maximum Gasteiger partial charge on any atom is 0.361 e. The van der Waals surface area contributed by atoms with Gasteiger partial charge in [0.25, 0.3) is 0 Å². The number of hydrogen-bond donors (Lipinski definition) is 2. The van der Waals surface area contributed by atoms with Gasteiger partial charge < -0.3 is 11.1 Å². The van der Waals surface area contributed by atoms with Crippen LogP contribution in [0.3, 0.4) is 0 Å². The number of nitrogens with zero attached hydrogens (tertiary/aromatic N) is 2. The minimum absolute atomic E-state index is 0. The molecule has 1 heterocycles. The molecule has 0 radical (unpaired) electrons. The van der Waals surface area contributed by atoms with Crippen LogP contribution in [0.4, 0.5) is 4.79 Å². The molecule has 0 aromatic heterocycles. The number of nitrogens with two attached hydrogens (primary N) is 1. The fourth-order valence-electron chi connectivity index (χ4n) is 0.535. The number of amides is 2. The molecule has 0 aromatic rings. The van der Waals surface area contributed by atoms with Crippen molar-refractivity contribution in [3.8, 4) is 0 Å². The van der Waals surface area contributed by atoms with Crippen LogP contribution in [-0.4, -0.2) is 18.2 Å². The van der Waals surface area contributed by atoms with E-state index in [1.165, 1.54) is 0 Å². The normalized spacial score (nSPS) is 25.4. The first-order valence-electron chi connectivity index (χ1n) is 2.67. The zero-order valence-corrected chi connectivity index (χ0v) is 6.26. The topological polar surface area (TPSA) is 79.8 Å². The summed E-state index contributed by atoms with van der Waals surface area (Å²) in [5.74, 6) is 0. The molecule has 10 heavy (non-hydrogen) atoms. The molecule has 58 valence electrons. The summed E-state index contributed by atoms with van der Waals surface area (Å²) in [6.45, 7) is 1.76. The van der Waals surface area contributed by atoms with Crippen LogP contribution < -0.4 is 11.1 Å². The van der Waals surface area contributed by atoms with Crippen LogP contribution in [0.15, 0.2) is 10.2 Å². The summed E-state index contributed by atoms with van der Waals surface area (Å²) < 4.78 is 0. The van der Waals surface area contributed by atoms with Gasteiger partial charge in [0.15, 0.2) is 6.17 Å². The molecule has 0 aliphatic carbocycles. The van der Waals surface area contributed by atoms with Gasteiger partial charge in [-0.25, -0.2) is 4.79 Å². The summed E-state index contributed by atoms with van der Waals surface area (Å²) in [5, 5.41) is 9.25. The van der Waals surface area contributed by atoms with E-state index in [9.17, 15) is 4.79 Å². The molecular weight excluding hydrogens is 156 g/mol. The Hall–Kier alpha value is -0.680. The van der Waals surface area contributed by atoms with Crippen LogP contribution in [0, 0.1) is 0 Å². The van der Waals surface area contributed by atoms with Crippen molar-refractivity contribution in [2.24, 2.45) is 16.0 Å². The average Bonchev–Trinajstić information content (AvgIpc) is 2.14. The summed E-state index contributed by atoms with van der Waals surface area (Å²) in [5.41, 5.74) is 5.39. The molecule has 0 bridgehead atoms. The van der Waals surface area contributed by atoms with Crippen molar-refractivity contribution < 1.29 is 4.79 Å². The third kappa shape index (κ3) is 1.93. The van der Waals surface area contributed by atoms with Crippen LogP contribution in [0.1, 0.15) is 6.92 Å². The lowest BCUT2D eigenvalue weighted by molar-refractivity contribution is 0.249. The van der Waals surface area contributed by atoms with Crippen LogP contribution in [-0.2, 0) is 0 Å². The van der Waals surface area contributed by atoms with Crippen molar-refractivity contribution in [2.45, 2.75) is 19.1 Å². The summed E-state index contributed by atoms with van der Waals surface area (Å²) >= 11 is 0. The fourth-order valence-corrected chi connectivity index (χ4v) is 0.535. The maximum atomic E-state index is 10.3. The van der Waals surface area contributed by atoms with Crippen molar-refractivity contribution in [3.05, 3.63) is 0 Å². The Kier molecular flexibility index (Phi) is 3.24. The summed E-state index contributed by atoms with van der Waals surface area (Å²) in [7, 11) is 0. The zero-order valence-electron chi connectivity index (χ0n) is 5.44. The predicted octanol–water partition coefficient (Wildman–Crippen LogP) is 0.257. The van der Waals surface area contributed by atoms with E-state index in [4.69, 9.17) is 5.73 Å². The Morgan fingerprint density at radius 2 is 2.40 bits per heavy atom. The first kappa shape index (κ1) is 9.32. The molecule has 1 aliphatic heterocycles. The molecule has 5 nitrogen and oxygen atoms in total. The number of carbonyl (C=O) groups excluding carboxylic acids is 1. The molecule has 2 amide bonds. The Bertz CT molecular complexity index is 157. The molecule has 0 aromatic carbocycles. The Morgan fingerprint density at radius 3 is 2.60 bits per heavy atom. The van der Waals surface area contributed by atoms with Crippen molar-refractivity contribution in [1.29, 1.82) is 0 Å². The van der Waals surface area contributed by atoms with E-state index >= 15 is 0 Å². The minimum atomic E-state index is -0.405. The number of rotatable bonds is 1. The van der Waals surface area contributed by atoms with E-state index in [1.807, 2.05) is 0 Å². The number of carbonyl (C=O) groups is 1. The second-order valence-electron chi connectivity index (χ2n) is 1.97. The third-order valence-electron chi connectivity index (χ3n) is 1.04. The van der Waals surface area contributed by atoms with Gasteiger partial charge in [0.2, 0.25) is 0 Å². The number of urea groups is 1. The smallest absolute Gasteiger partial charge is 0.324 e. The highest BCUT2D eigenvalue weighted by molar-refractivity contribution is 5.85. The lowest BCUT2D eigenvalue weighted by Gasteiger charge is -2.07. The lowest BCUT2D eigenvalue weighted by atomic mass is 10.3. The zero-order chi connectivity index (χ0) is 6.85. The van der Waals surface area contributed by atoms with Crippen molar-refractivity contribution in [1.82, 2.24) is 5.32 Å². The monoisotopic (exact) mass is 164 g/mol. The van der Waals surface area contributed by atoms with Crippen LogP contribution in [0.2, 0.25) is 0 Å². The van der Waals surface area contributed by atoms with E-state index < -0.39 is 6.03 Å². The molecule has 2 unspecified atom stereocenters. The Labute approximate surface area is 64.5 Å². The van der Waals surface area contributed by atoms with Gasteiger partial charge in [-0.05, 0) is 6.92 Å². The summed E-state index contributed by atoms with van der Waals surface area (Å²) in [6.07, 6.45) is -0.322. The van der Waals surface area contributed by atoms with E-state index in [0.29, 0.717) is 0 Å². The second kappa shape index (κ2) is 3.48. The minimum Gasteiger partial charge on any atom is -0.324 e. The maximum absolute atomic E-state index is 10.3. The van der Waals surface area contributed by atoms with E-state index in [2.05, 4.69) is 15.5 Å². The molecular formula is C4H9ClN4O. The molecule has 2 atom stereocenters. The molecule has 1 aliphatic rings. The van der Waals surface area contributed by atoms with Crippen molar-refractivity contribution >= 4 is 18.4 Å². The van der Waals surface area contributed by atoms with Crippen molar-refractivity contribution in [3.63, 3.8) is 0 Å². The van der Waals surface area contributed by atoms with E-state index in [0.717, 1.165) is 0 Å². The first-order chi connectivity index (χ1) is 4.20. The highest BCUT2D eigenvalue weighted by Crippen LogP contribution is 2.00. The highest BCUT2D eigenvalue weighted by Gasteiger charge is 2.20. The quantitative estimate of drug-likeness (QED) is 0.583. The number of azo groups is 1. The third-order valence-corrected chi connectivity index (χ3v) is 1.04. The van der Waals surface area contributed by atoms with Gasteiger partial charge in [-0.1, -0.05) is 5.11 Å². The fraction of sp³-hybridized carbons (Fsp3) is 0.750. The van der Waals surface area contributed by atoms with Crippen LogP contribution >= 0.6 is 12.4 Å². The van der Waals surface area contributed by atoms with Gasteiger partial charge in [0.05, 0.1) is 0 Å². The van der Waals surface area contributed by atoms with Gasteiger partial charge in [0.1, 0.15) is 0 Å². The second-order valence-corrected chi connectivity index (χ2v) is 1.97. The van der Waals surface area contributed by atoms with Gasteiger partial charge in [0, 0.05) is 6.04 Å². The number of hydrogen-bond acceptors (Lipinski definition) is 3. The Morgan fingerprint density at radius 1 is 1.80 bits per heavy atom. The molecule has 0 fully saturated rings. The number of nitrogens with one attached hydrogen (secondary N) is 1. The molecule has 0 spiro atoms. The van der Waals surface area contributed by atoms with Gasteiger partial charge >= 0.3 is 6.03 Å². The SMILES string of the molecule is CC(N)C1N=NC(=O)N1.Cl. The highest BCUT2D eigenvalue weighted by atomic mass is 35.5. The van der Waals surface area contributed by atoms with Gasteiger partial charge in [-0.15, -0.1) is 12.4 Å². The van der Waals surface area contributed by atoms with E-state index in [1.54, 1.807) is 6.92 Å². The van der Waals surface area contributed by atoms with Crippen molar-refractivity contribution in [2.75, 3.05) is 0 Å². The summed E-state index contributed by atoms with van der Waals surface area (Å²) in [4.78, 5) is 10.3. The largest absolute Gasteiger partial charge is 0.361 e. The predicted molar refractivity (Wildman–Crippen MR) is 38.1 cm³/mol.